The zero-order valence-electron chi connectivity index (χ0n) is 10.5. The number of carboxylic acids is 1. The number of carbonyl (C=O) groups is 2. The summed E-state index contributed by atoms with van der Waals surface area (Å²) in [6.07, 6.45) is -0.826. The number of β-amino-alcohol motifs (C(OH)–C–C–N with tert-alkyl or cyclic N) is 1. The number of aliphatic hydroxyl groups excluding tert-OH is 1. The second-order valence-electron chi connectivity index (χ2n) is 4.52. The summed E-state index contributed by atoms with van der Waals surface area (Å²) in [5.74, 6) is -1.15. The zero-order valence-corrected chi connectivity index (χ0v) is 10.5. The van der Waals surface area contributed by atoms with E-state index in [0.29, 0.717) is 11.3 Å². The number of carboxylic acid groups (broad SMARTS) is 1. The monoisotopic (exact) mass is 275 g/mol. The summed E-state index contributed by atoms with van der Waals surface area (Å²) in [5.41, 5.74) is 0.790. The SMILES string of the molecule is N#Cc1cccc(NC(=O)N2C[C@H](O)C[C@H]2C(=O)O)c1. The molecule has 0 saturated carbocycles. The van der Waals surface area contributed by atoms with Crippen LogP contribution in [0.15, 0.2) is 24.3 Å². The van der Waals surface area contributed by atoms with Crippen molar-refractivity contribution in [3.8, 4) is 6.07 Å². The lowest BCUT2D eigenvalue weighted by molar-refractivity contribution is -0.141. The molecule has 1 fully saturated rings. The predicted octanol–water partition coefficient (Wildman–Crippen LogP) is 0.610. The number of aliphatic carboxylic acids is 1. The van der Waals surface area contributed by atoms with Crippen LogP contribution in [0, 0.1) is 11.3 Å². The molecule has 20 heavy (non-hydrogen) atoms. The van der Waals surface area contributed by atoms with Crippen LogP contribution in [0.25, 0.3) is 0 Å². The molecule has 7 heteroatoms. The molecule has 1 heterocycles. The smallest absolute Gasteiger partial charge is 0.326 e. The highest BCUT2D eigenvalue weighted by Crippen LogP contribution is 2.20. The maximum atomic E-state index is 12.0. The number of hydrogen-bond acceptors (Lipinski definition) is 4. The van der Waals surface area contributed by atoms with E-state index >= 15 is 0 Å². The first-order valence-electron chi connectivity index (χ1n) is 6.00. The summed E-state index contributed by atoms with van der Waals surface area (Å²) in [5, 5.41) is 29.8. The Labute approximate surface area is 115 Å². The molecule has 2 amide bonds. The molecule has 0 aliphatic carbocycles. The van der Waals surface area contributed by atoms with Gasteiger partial charge in [-0.15, -0.1) is 0 Å². The third kappa shape index (κ3) is 2.87. The summed E-state index contributed by atoms with van der Waals surface area (Å²) < 4.78 is 0. The zero-order chi connectivity index (χ0) is 14.7. The number of anilines is 1. The van der Waals surface area contributed by atoms with Crippen molar-refractivity contribution in [1.82, 2.24) is 4.90 Å². The summed E-state index contributed by atoms with van der Waals surface area (Å²) in [6.45, 7) is -0.0270. The van der Waals surface area contributed by atoms with Gasteiger partial charge in [0.05, 0.1) is 17.7 Å². The number of likely N-dealkylation sites (tertiary alicyclic amines) is 1. The maximum Gasteiger partial charge on any atom is 0.326 e. The largest absolute Gasteiger partial charge is 0.480 e. The normalized spacial score (nSPS) is 21.3. The number of carbonyl (C=O) groups excluding carboxylic acids is 1. The fourth-order valence-corrected chi connectivity index (χ4v) is 2.13. The molecule has 1 aliphatic heterocycles. The van der Waals surface area contributed by atoms with Crippen molar-refractivity contribution in [2.45, 2.75) is 18.6 Å². The van der Waals surface area contributed by atoms with E-state index in [-0.39, 0.29) is 13.0 Å². The molecule has 2 rings (SSSR count). The third-order valence-corrected chi connectivity index (χ3v) is 3.07. The predicted molar refractivity (Wildman–Crippen MR) is 68.9 cm³/mol. The first-order chi connectivity index (χ1) is 9.51. The van der Waals surface area contributed by atoms with E-state index in [1.54, 1.807) is 18.2 Å². The van der Waals surface area contributed by atoms with Gasteiger partial charge in [-0.05, 0) is 18.2 Å². The van der Waals surface area contributed by atoms with Gasteiger partial charge in [0.2, 0.25) is 0 Å². The summed E-state index contributed by atoms with van der Waals surface area (Å²) in [7, 11) is 0. The van der Waals surface area contributed by atoms with Crippen LogP contribution in [0.1, 0.15) is 12.0 Å². The van der Waals surface area contributed by atoms with Crippen LogP contribution >= 0.6 is 0 Å². The Morgan fingerprint density at radius 1 is 1.45 bits per heavy atom. The lowest BCUT2D eigenvalue weighted by Crippen LogP contribution is -2.43. The highest BCUT2D eigenvalue weighted by molar-refractivity contribution is 5.93. The minimum Gasteiger partial charge on any atom is -0.480 e. The van der Waals surface area contributed by atoms with Gasteiger partial charge in [0, 0.05) is 18.7 Å². The van der Waals surface area contributed by atoms with Crippen molar-refractivity contribution in [2.24, 2.45) is 0 Å². The van der Waals surface area contributed by atoms with E-state index in [9.17, 15) is 14.7 Å². The molecule has 1 saturated heterocycles. The fourth-order valence-electron chi connectivity index (χ4n) is 2.13. The standard InChI is InChI=1S/C13H13N3O4/c14-6-8-2-1-3-9(4-8)15-13(20)16-7-10(17)5-11(16)12(18)19/h1-4,10-11,17H,5,7H2,(H,15,20)(H,18,19)/t10-,11+/m1/s1. The van der Waals surface area contributed by atoms with E-state index in [4.69, 9.17) is 10.4 Å². The molecule has 0 aromatic heterocycles. The van der Waals surface area contributed by atoms with Crippen molar-refractivity contribution < 1.29 is 19.8 Å². The Bertz CT molecular complexity index is 581. The van der Waals surface area contributed by atoms with Crippen LogP contribution in [0.2, 0.25) is 0 Å². The number of nitrogens with one attached hydrogen (secondary N) is 1. The van der Waals surface area contributed by atoms with Crippen molar-refractivity contribution >= 4 is 17.7 Å². The molecule has 0 spiro atoms. The summed E-state index contributed by atoms with van der Waals surface area (Å²) >= 11 is 0. The second-order valence-corrected chi connectivity index (χ2v) is 4.52. The van der Waals surface area contributed by atoms with E-state index in [2.05, 4.69) is 5.32 Å². The van der Waals surface area contributed by atoms with Crippen LogP contribution in [0.4, 0.5) is 10.5 Å². The van der Waals surface area contributed by atoms with Crippen LogP contribution < -0.4 is 5.32 Å². The number of amides is 2. The fraction of sp³-hybridized carbons (Fsp3) is 0.308. The van der Waals surface area contributed by atoms with Crippen molar-refractivity contribution in [3.05, 3.63) is 29.8 Å². The molecule has 7 nitrogen and oxygen atoms in total. The molecule has 3 N–H and O–H groups in total. The van der Waals surface area contributed by atoms with E-state index < -0.39 is 24.1 Å². The Morgan fingerprint density at radius 2 is 2.20 bits per heavy atom. The molecule has 1 aromatic carbocycles. The minimum absolute atomic E-state index is 0.0149. The summed E-state index contributed by atoms with van der Waals surface area (Å²) in [6, 6.07) is 6.59. The Morgan fingerprint density at radius 3 is 2.85 bits per heavy atom. The summed E-state index contributed by atoms with van der Waals surface area (Å²) in [4.78, 5) is 24.1. The average Bonchev–Trinajstić information content (AvgIpc) is 2.81. The molecule has 1 aromatic rings. The molecule has 0 bridgehead atoms. The number of nitrogens with zero attached hydrogens (tertiary/aromatic N) is 2. The third-order valence-electron chi connectivity index (χ3n) is 3.07. The van der Waals surface area contributed by atoms with Gasteiger partial charge >= 0.3 is 12.0 Å². The topological polar surface area (TPSA) is 114 Å². The molecule has 1 aliphatic rings. The molecule has 0 unspecified atom stereocenters. The van der Waals surface area contributed by atoms with Crippen LogP contribution in [0.5, 0.6) is 0 Å². The van der Waals surface area contributed by atoms with Gasteiger partial charge in [-0.1, -0.05) is 6.07 Å². The number of rotatable bonds is 2. The minimum atomic E-state index is -1.15. The van der Waals surface area contributed by atoms with Gasteiger partial charge in [0.15, 0.2) is 0 Å². The van der Waals surface area contributed by atoms with Crippen molar-refractivity contribution in [1.29, 1.82) is 5.26 Å². The Kier molecular flexibility index (Phi) is 3.86. The van der Waals surface area contributed by atoms with Crippen molar-refractivity contribution in [3.63, 3.8) is 0 Å². The second kappa shape index (κ2) is 5.59. The Balaban J connectivity index is 2.11. The highest BCUT2D eigenvalue weighted by atomic mass is 16.4. The van der Waals surface area contributed by atoms with Gasteiger partial charge in [0.1, 0.15) is 6.04 Å². The molecular formula is C13H13N3O4. The molecule has 104 valence electrons. The number of benzene rings is 1. The van der Waals surface area contributed by atoms with Gasteiger partial charge in [0.25, 0.3) is 0 Å². The highest BCUT2D eigenvalue weighted by Gasteiger charge is 2.38. The lowest BCUT2D eigenvalue weighted by atomic mass is 10.2. The van der Waals surface area contributed by atoms with Gasteiger partial charge in [-0.2, -0.15) is 5.26 Å². The lowest BCUT2D eigenvalue weighted by Gasteiger charge is -2.21. The van der Waals surface area contributed by atoms with Crippen molar-refractivity contribution in [2.75, 3.05) is 11.9 Å². The molecular weight excluding hydrogens is 262 g/mol. The van der Waals surface area contributed by atoms with Crippen LogP contribution in [0.3, 0.4) is 0 Å². The maximum absolute atomic E-state index is 12.0. The number of hydrogen-bond donors (Lipinski definition) is 3. The van der Waals surface area contributed by atoms with Gasteiger partial charge in [-0.25, -0.2) is 9.59 Å². The quantitative estimate of drug-likeness (QED) is 0.731. The first-order valence-corrected chi connectivity index (χ1v) is 6.00. The van der Waals surface area contributed by atoms with E-state index in [1.807, 2.05) is 6.07 Å². The Hall–Kier alpha value is -2.59. The number of aliphatic hydroxyl groups is 1. The average molecular weight is 275 g/mol. The van der Waals surface area contributed by atoms with Crippen LogP contribution in [-0.4, -0.2) is 45.8 Å². The molecule has 0 radical (unpaired) electrons. The first kappa shape index (κ1) is 13.8. The van der Waals surface area contributed by atoms with E-state index in [0.717, 1.165) is 4.90 Å². The molecule has 2 atom stereocenters. The number of nitriles is 1. The number of urea groups is 1. The van der Waals surface area contributed by atoms with E-state index in [1.165, 1.54) is 6.07 Å². The van der Waals surface area contributed by atoms with Crippen LogP contribution in [-0.2, 0) is 4.79 Å². The van der Waals surface area contributed by atoms with Gasteiger partial charge < -0.3 is 20.4 Å². The van der Waals surface area contributed by atoms with Gasteiger partial charge in [-0.3, -0.25) is 0 Å².